The second-order valence-electron chi connectivity index (χ2n) is 4.69. The van der Waals surface area contributed by atoms with Crippen LogP contribution in [-0.4, -0.2) is 13.0 Å². The summed E-state index contributed by atoms with van der Waals surface area (Å²) in [6.07, 6.45) is 0. The smallest absolute Gasteiger partial charge is 0.257 e. The van der Waals surface area contributed by atoms with E-state index in [-0.39, 0.29) is 5.91 Å². The van der Waals surface area contributed by atoms with Crippen molar-refractivity contribution in [1.29, 1.82) is 0 Å². The van der Waals surface area contributed by atoms with E-state index in [2.05, 4.69) is 5.32 Å². The van der Waals surface area contributed by atoms with E-state index in [0.29, 0.717) is 17.0 Å². The summed E-state index contributed by atoms with van der Waals surface area (Å²) < 4.78 is 5.12. The van der Waals surface area contributed by atoms with Gasteiger partial charge in [0.05, 0.1) is 18.4 Å². The molecule has 2 aromatic carbocycles. The van der Waals surface area contributed by atoms with E-state index >= 15 is 0 Å². The van der Waals surface area contributed by atoms with Crippen LogP contribution in [0.15, 0.2) is 36.4 Å². The van der Waals surface area contributed by atoms with Crippen molar-refractivity contribution in [3.8, 4) is 5.75 Å². The molecule has 0 aliphatic heterocycles. The van der Waals surface area contributed by atoms with E-state index in [0.717, 1.165) is 16.8 Å². The van der Waals surface area contributed by atoms with E-state index < -0.39 is 0 Å². The van der Waals surface area contributed by atoms with Gasteiger partial charge in [-0.2, -0.15) is 0 Å². The van der Waals surface area contributed by atoms with Gasteiger partial charge in [-0.05, 0) is 37.6 Å². The van der Waals surface area contributed by atoms with E-state index in [1.165, 1.54) is 7.11 Å². The van der Waals surface area contributed by atoms with Gasteiger partial charge in [-0.3, -0.25) is 4.79 Å². The summed E-state index contributed by atoms with van der Waals surface area (Å²) in [5.74, 6) is 0.256. The first-order valence-corrected chi connectivity index (χ1v) is 6.34. The highest BCUT2D eigenvalue weighted by Crippen LogP contribution is 2.26. The van der Waals surface area contributed by atoms with Gasteiger partial charge < -0.3 is 15.8 Å². The van der Waals surface area contributed by atoms with Crippen molar-refractivity contribution in [3.63, 3.8) is 0 Å². The summed E-state index contributed by atoms with van der Waals surface area (Å²) in [7, 11) is 1.53. The van der Waals surface area contributed by atoms with Crippen LogP contribution in [0.3, 0.4) is 0 Å². The minimum absolute atomic E-state index is 0.242. The lowest BCUT2D eigenvalue weighted by molar-refractivity contribution is 0.102. The summed E-state index contributed by atoms with van der Waals surface area (Å²) in [6, 6.07) is 11.0. The molecule has 0 radical (unpaired) electrons. The molecule has 0 fully saturated rings. The fourth-order valence-corrected chi connectivity index (χ4v) is 2.06. The third kappa shape index (κ3) is 2.74. The van der Waals surface area contributed by atoms with Gasteiger partial charge in [0.15, 0.2) is 0 Å². The number of carbonyl (C=O) groups excluding carboxylic acids is 1. The maximum absolute atomic E-state index is 12.3. The predicted octanol–water partition coefficient (Wildman–Crippen LogP) is 3.15. The zero-order chi connectivity index (χ0) is 14.7. The number of hydrogen-bond acceptors (Lipinski definition) is 3. The van der Waals surface area contributed by atoms with Crippen LogP contribution in [-0.2, 0) is 0 Å². The number of ether oxygens (including phenoxy) is 1. The van der Waals surface area contributed by atoms with E-state index in [4.69, 9.17) is 10.5 Å². The highest BCUT2D eigenvalue weighted by Gasteiger charge is 2.13. The molecular formula is C16H18N2O2. The zero-order valence-corrected chi connectivity index (χ0v) is 11.9. The van der Waals surface area contributed by atoms with Gasteiger partial charge in [-0.25, -0.2) is 0 Å². The summed E-state index contributed by atoms with van der Waals surface area (Å²) in [5.41, 5.74) is 9.62. The number of para-hydroxylation sites is 1. The first-order valence-electron chi connectivity index (χ1n) is 6.34. The Kier molecular flexibility index (Phi) is 3.94. The summed E-state index contributed by atoms with van der Waals surface area (Å²) in [5, 5.41) is 2.87. The topological polar surface area (TPSA) is 64.3 Å². The summed E-state index contributed by atoms with van der Waals surface area (Å²) in [6.45, 7) is 3.97. The van der Waals surface area contributed by atoms with Gasteiger partial charge in [0, 0.05) is 5.69 Å². The maximum atomic E-state index is 12.3. The Balaban J connectivity index is 2.28. The van der Waals surface area contributed by atoms with Gasteiger partial charge in [-0.1, -0.05) is 23.8 Å². The number of nitrogens with one attached hydrogen (secondary N) is 1. The average Bonchev–Trinajstić information content (AvgIpc) is 2.42. The number of amides is 1. The molecule has 0 atom stereocenters. The van der Waals surface area contributed by atoms with E-state index in [1.54, 1.807) is 18.2 Å². The van der Waals surface area contributed by atoms with Crippen molar-refractivity contribution in [1.82, 2.24) is 0 Å². The molecule has 0 spiro atoms. The van der Waals surface area contributed by atoms with E-state index in [1.807, 2.05) is 32.0 Å². The second-order valence-corrected chi connectivity index (χ2v) is 4.69. The molecule has 104 valence electrons. The van der Waals surface area contributed by atoms with Crippen LogP contribution in [0.25, 0.3) is 0 Å². The Hall–Kier alpha value is -2.49. The summed E-state index contributed by atoms with van der Waals surface area (Å²) in [4.78, 5) is 12.3. The zero-order valence-electron chi connectivity index (χ0n) is 11.9. The molecule has 3 N–H and O–H groups in total. The number of benzene rings is 2. The fraction of sp³-hybridized carbons (Fsp3) is 0.188. The molecule has 4 nitrogen and oxygen atoms in total. The minimum atomic E-state index is -0.242. The SMILES string of the molecule is COc1cccc(C(=O)Nc2ccc(C)cc2C)c1N. The summed E-state index contributed by atoms with van der Waals surface area (Å²) >= 11 is 0. The van der Waals surface area contributed by atoms with Gasteiger partial charge in [0.1, 0.15) is 5.75 Å². The molecule has 0 aliphatic carbocycles. The number of rotatable bonds is 3. The third-order valence-electron chi connectivity index (χ3n) is 3.16. The first kappa shape index (κ1) is 13.9. The second kappa shape index (κ2) is 5.65. The van der Waals surface area contributed by atoms with Crippen molar-refractivity contribution in [3.05, 3.63) is 53.1 Å². The van der Waals surface area contributed by atoms with Gasteiger partial charge >= 0.3 is 0 Å². The van der Waals surface area contributed by atoms with Crippen LogP contribution in [0.1, 0.15) is 21.5 Å². The van der Waals surface area contributed by atoms with Crippen LogP contribution in [0.2, 0.25) is 0 Å². The minimum Gasteiger partial charge on any atom is -0.495 e. The molecule has 0 heterocycles. The maximum Gasteiger partial charge on any atom is 0.257 e. The molecule has 20 heavy (non-hydrogen) atoms. The van der Waals surface area contributed by atoms with Crippen LogP contribution in [0, 0.1) is 13.8 Å². The van der Waals surface area contributed by atoms with Crippen molar-refractivity contribution >= 4 is 17.3 Å². The van der Waals surface area contributed by atoms with E-state index in [9.17, 15) is 4.79 Å². The molecule has 0 bridgehead atoms. The molecular weight excluding hydrogens is 252 g/mol. The molecule has 2 rings (SSSR count). The van der Waals surface area contributed by atoms with Crippen LogP contribution in [0.5, 0.6) is 5.75 Å². The van der Waals surface area contributed by atoms with Crippen molar-refractivity contribution in [2.75, 3.05) is 18.2 Å². The molecule has 1 amide bonds. The lowest BCUT2D eigenvalue weighted by atomic mass is 10.1. The Morgan fingerprint density at radius 2 is 1.95 bits per heavy atom. The molecule has 0 saturated carbocycles. The lowest BCUT2D eigenvalue weighted by Crippen LogP contribution is -2.15. The molecule has 0 saturated heterocycles. The largest absolute Gasteiger partial charge is 0.495 e. The number of hydrogen-bond donors (Lipinski definition) is 2. The predicted molar refractivity (Wildman–Crippen MR) is 81.3 cm³/mol. The molecule has 0 aromatic heterocycles. The Morgan fingerprint density at radius 1 is 1.20 bits per heavy atom. The fourth-order valence-electron chi connectivity index (χ4n) is 2.06. The molecule has 4 heteroatoms. The van der Waals surface area contributed by atoms with Crippen LogP contribution < -0.4 is 15.8 Å². The van der Waals surface area contributed by atoms with Crippen LogP contribution >= 0.6 is 0 Å². The van der Waals surface area contributed by atoms with Crippen molar-refractivity contribution < 1.29 is 9.53 Å². The lowest BCUT2D eigenvalue weighted by Gasteiger charge is -2.12. The molecule has 0 unspecified atom stereocenters. The van der Waals surface area contributed by atoms with Crippen molar-refractivity contribution in [2.45, 2.75) is 13.8 Å². The molecule has 0 aliphatic rings. The van der Waals surface area contributed by atoms with Gasteiger partial charge in [0.25, 0.3) is 5.91 Å². The number of aryl methyl sites for hydroxylation is 2. The van der Waals surface area contributed by atoms with Crippen molar-refractivity contribution in [2.24, 2.45) is 0 Å². The number of methoxy groups -OCH3 is 1. The highest BCUT2D eigenvalue weighted by molar-refractivity contribution is 6.08. The average molecular weight is 270 g/mol. The van der Waals surface area contributed by atoms with Gasteiger partial charge in [0.2, 0.25) is 0 Å². The molecule has 2 aromatic rings. The number of nitrogen functional groups attached to an aromatic ring is 1. The number of carbonyl (C=O) groups is 1. The first-order chi connectivity index (χ1) is 9.52. The standard InChI is InChI=1S/C16H18N2O2/c1-10-7-8-13(11(2)9-10)18-16(19)12-5-4-6-14(20-3)15(12)17/h4-9H,17H2,1-3H3,(H,18,19). The monoisotopic (exact) mass is 270 g/mol. The normalized spacial score (nSPS) is 10.2. The number of nitrogens with two attached hydrogens (primary N) is 1. The number of anilines is 2. The van der Waals surface area contributed by atoms with Gasteiger partial charge in [-0.15, -0.1) is 0 Å². The third-order valence-corrected chi connectivity index (χ3v) is 3.16. The quantitative estimate of drug-likeness (QED) is 0.842. The highest BCUT2D eigenvalue weighted by atomic mass is 16.5. The Morgan fingerprint density at radius 3 is 2.60 bits per heavy atom. The Labute approximate surface area is 118 Å². The Bertz CT molecular complexity index is 651. The van der Waals surface area contributed by atoms with Crippen LogP contribution in [0.4, 0.5) is 11.4 Å².